The summed E-state index contributed by atoms with van der Waals surface area (Å²) in [6.07, 6.45) is 7.41. The second-order valence-electron chi connectivity index (χ2n) is 8.96. The molecule has 1 aromatic heterocycles. The van der Waals surface area contributed by atoms with Crippen LogP contribution in [0.3, 0.4) is 0 Å². The minimum Gasteiger partial charge on any atom is -0.324 e. The van der Waals surface area contributed by atoms with Gasteiger partial charge in [0.15, 0.2) is 0 Å². The summed E-state index contributed by atoms with van der Waals surface area (Å²) in [7, 11) is 0. The summed E-state index contributed by atoms with van der Waals surface area (Å²) < 4.78 is 2.04. The Bertz CT molecular complexity index is 946. The first-order chi connectivity index (χ1) is 14.2. The molecule has 5 nitrogen and oxygen atoms in total. The first-order valence-electron chi connectivity index (χ1n) is 11.0. The average Bonchev–Trinajstić information content (AvgIpc) is 2.75. The second kappa shape index (κ2) is 7.69. The van der Waals surface area contributed by atoms with E-state index < -0.39 is 0 Å². The SMILES string of the molecule is O=C(Nc1ccccc1)N1C[C@H]2C[C@H](C1)c1c(C3CCCCC3)ccc(=O)n1C2. The van der Waals surface area contributed by atoms with Crippen LogP contribution >= 0.6 is 0 Å². The van der Waals surface area contributed by atoms with Crippen molar-refractivity contribution in [3.8, 4) is 0 Å². The summed E-state index contributed by atoms with van der Waals surface area (Å²) in [6, 6.07) is 13.5. The van der Waals surface area contributed by atoms with Crippen LogP contribution in [0.25, 0.3) is 0 Å². The molecule has 2 bridgehead atoms. The molecular formula is C24H29N3O2. The van der Waals surface area contributed by atoms with Gasteiger partial charge in [0.1, 0.15) is 0 Å². The van der Waals surface area contributed by atoms with Gasteiger partial charge in [0, 0.05) is 43.0 Å². The number of nitrogens with one attached hydrogen (secondary N) is 1. The number of fused-ring (bicyclic) bond motifs is 4. The second-order valence-corrected chi connectivity index (χ2v) is 8.96. The first-order valence-corrected chi connectivity index (χ1v) is 11.0. The predicted octanol–water partition coefficient (Wildman–Crippen LogP) is 4.55. The van der Waals surface area contributed by atoms with Gasteiger partial charge in [-0.1, -0.05) is 43.5 Å². The average molecular weight is 392 g/mol. The lowest BCUT2D eigenvalue weighted by Gasteiger charge is -2.44. The molecule has 3 heterocycles. The molecule has 2 aromatic rings. The summed E-state index contributed by atoms with van der Waals surface area (Å²) in [5, 5.41) is 3.03. The Morgan fingerprint density at radius 3 is 2.48 bits per heavy atom. The Balaban J connectivity index is 1.42. The maximum absolute atomic E-state index is 12.9. The lowest BCUT2D eigenvalue weighted by Crippen LogP contribution is -2.50. The molecule has 1 aliphatic carbocycles. The molecule has 2 fully saturated rings. The van der Waals surface area contributed by atoms with E-state index in [9.17, 15) is 9.59 Å². The number of para-hydroxylation sites is 1. The van der Waals surface area contributed by atoms with E-state index >= 15 is 0 Å². The zero-order chi connectivity index (χ0) is 19.8. The quantitative estimate of drug-likeness (QED) is 0.817. The van der Waals surface area contributed by atoms with Crippen LogP contribution in [0, 0.1) is 5.92 Å². The molecule has 5 rings (SSSR count). The van der Waals surface area contributed by atoms with Crippen molar-refractivity contribution in [2.24, 2.45) is 5.92 Å². The van der Waals surface area contributed by atoms with Crippen LogP contribution in [0.2, 0.25) is 0 Å². The Hall–Kier alpha value is -2.56. The number of nitrogens with zero attached hydrogens (tertiary/aromatic N) is 2. The fourth-order valence-electron chi connectivity index (χ4n) is 5.70. The maximum Gasteiger partial charge on any atom is 0.321 e. The maximum atomic E-state index is 12.9. The summed E-state index contributed by atoms with van der Waals surface area (Å²) >= 11 is 0. The van der Waals surface area contributed by atoms with E-state index in [4.69, 9.17) is 0 Å². The molecule has 2 aliphatic heterocycles. The number of carbonyl (C=O) groups is 1. The topological polar surface area (TPSA) is 54.3 Å². The summed E-state index contributed by atoms with van der Waals surface area (Å²) in [6.45, 7) is 2.15. The Labute approximate surface area is 171 Å². The summed E-state index contributed by atoms with van der Waals surface area (Å²) in [5.41, 5.74) is 3.54. The van der Waals surface area contributed by atoms with Gasteiger partial charge in [0.25, 0.3) is 5.56 Å². The number of hydrogen-bond donors (Lipinski definition) is 1. The van der Waals surface area contributed by atoms with Gasteiger partial charge in [-0.2, -0.15) is 0 Å². The molecule has 0 unspecified atom stereocenters. The van der Waals surface area contributed by atoms with Gasteiger partial charge in [-0.3, -0.25) is 4.79 Å². The van der Waals surface area contributed by atoms with Crippen molar-refractivity contribution in [2.75, 3.05) is 18.4 Å². The Morgan fingerprint density at radius 1 is 0.897 bits per heavy atom. The standard InChI is InChI=1S/C24H29N3O2/c28-22-12-11-21(18-7-3-1-4-8-18)23-19-13-17(15-27(22)23)14-26(16-19)24(29)25-20-9-5-2-6-10-20/h2,5-6,9-12,17-19H,1,3-4,7-8,13-16H2,(H,25,29)/t17-,19-/m1/s1. The van der Waals surface area contributed by atoms with E-state index in [1.165, 1.54) is 43.4 Å². The van der Waals surface area contributed by atoms with Gasteiger partial charge in [0.05, 0.1) is 0 Å². The Morgan fingerprint density at radius 2 is 1.69 bits per heavy atom. The van der Waals surface area contributed by atoms with Crippen molar-refractivity contribution in [1.82, 2.24) is 9.47 Å². The van der Waals surface area contributed by atoms with Crippen LogP contribution in [-0.2, 0) is 6.54 Å². The van der Waals surface area contributed by atoms with Crippen LogP contribution in [0.4, 0.5) is 10.5 Å². The molecule has 1 saturated heterocycles. The highest BCUT2D eigenvalue weighted by Gasteiger charge is 2.38. The number of carbonyl (C=O) groups excluding carboxylic acids is 1. The molecule has 1 N–H and O–H groups in total. The monoisotopic (exact) mass is 391 g/mol. The molecule has 2 atom stereocenters. The third-order valence-corrected chi connectivity index (χ3v) is 6.98. The number of pyridine rings is 1. The number of hydrogen-bond acceptors (Lipinski definition) is 2. The molecule has 0 radical (unpaired) electrons. The van der Waals surface area contributed by atoms with E-state index in [0.29, 0.717) is 24.9 Å². The van der Waals surface area contributed by atoms with Gasteiger partial charge in [0.2, 0.25) is 0 Å². The highest BCUT2D eigenvalue weighted by Crippen LogP contribution is 2.42. The largest absolute Gasteiger partial charge is 0.324 e. The Kier molecular flexibility index (Phi) is 4.90. The van der Waals surface area contributed by atoms with Crippen molar-refractivity contribution in [2.45, 2.75) is 56.9 Å². The molecule has 5 heteroatoms. The van der Waals surface area contributed by atoms with E-state index in [-0.39, 0.29) is 17.5 Å². The smallest absolute Gasteiger partial charge is 0.321 e. The van der Waals surface area contributed by atoms with Crippen molar-refractivity contribution in [1.29, 1.82) is 0 Å². The lowest BCUT2D eigenvalue weighted by molar-refractivity contribution is 0.138. The van der Waals surface area contributed by atoms with E-state index in [2.05, 4.69) is 11.4 Å². The number of aromatic nitrogens is 1. The van der Waals surface area contributed by atoms with Gasteiger partial charge in [-0.15, -0.1) is 0 Å². The number of amides is 2. The number of rotatable bonds is 2. The van der Waals surface area contributed by atoms with E-state index in [1.807, 2.05) is 39.8 Å². The fraction of sp³-hybridized carbons (Fsp3) is 0.500. The van der Waals surface area contributed by atoms with Crippen molar-refractivity contribution in [3.63, 3.8) is 0 Å². The van der Waals surface area contributed by atoms with Gasteiger partial charge < -0.3 is 14.8 Å². The minimum atomic E-state index is -0.0307. The molecule has 29 heavy (non-hydrogen) atoms. The molecule has 1 saturated carbocycles. The third kappa shape index (κ3) is 3.59. The molecule has 1 aromatic carbocycles. The molecular weight excluding hydrogens is 362 g/mol. The van der Waals surface area contributed by atoms with Crippen LogP contribution in [0.5, 0.6) is 0 Å². The zero-order valence-corrected chi connectivity index (χ0v) is 16.8. The predicted molar refractivity (Wildman–Crippen MR) is 114 cm³/mol. The van der Waals surface area contributed by atoms with Gasteiger partial charge >= 0.3 is 6.03 Å². The van der Waals surface area contributed by atoms with Crippen LogP contribution in [0.1, 0.15) is 61.6 Å². The number of piperidine rings is 1. The van der Waals surface area contributed by atoms with E-state index in [1.54, 1.807) is 6.07 Å². The van der Waals surface area contributed by atoms with Gasteiger partial charge in [-0.05, 0) is 48.8 Å². The molecule has 2 amide bonds. The molecule has 3 aliphatic rings. The van der Waals surface area contributed by atoms with Crippen LogP contribution in [-0.4, -0.2) is 28.6 Å². The number of likely N-dealkylation sites (tertiary alicyclic amines) is 1. The number of benzene rings is 1. The van der Waals surface area contributed by atoms with Crippen LogP contribution in [0.15, 0.2) is 47.3 Å². The lowest BCUT2D eigenvalue weighted by atomic mass is 9.76. The first kappa shape index (κ1) is 18.5. The highest BCUT2D eigenvalue weighted by molar-refractivity contribution is 5.89. The number of anilines is 1. The minimum absolute atomic E-state index is 0.0307. The molecule has 0 spiro atoms. The zero-order valence-electron chi connectivity index (χ0n) is 16.8. The number of urea groups is 1. The normalized spacial score (nSPS) is 24.1. The van der Waals surface area contributed by atoms with Crippen molar-refractivity contribution in [3.05, 3.63) is 64.1 Å². The third-order valence-electron chi connectivity index (χ3n) is 6.98. The molecule has 152 valence electrons. The highest BCUT2D eigenvalue weighted by atomic mass is 16.2. The van der Waals surface area contributed by atoms with Crippen molar-refractivity contribution < 1.29 is 4.79 Å². The van der Waals surface area contributed by atoms with E-state index in [0.717, 1.165) is 18.7 Å². The van der Waals surface area contributed by atoms with Crippen LogP contribution < -0.4 is 10.9 Å². The fourth-order valence-corrected chi connectivity index (χ4v) is 5.70. The summed E-state index contributed by atoms with van der Waals surface area (Å²) in [4.78, 5) is 27.5. The van der Waals surface area contributed by atoms with Crippen molar-refractivity contribution >= 4 is 11.7 Å². The van der Waals surface area contributed by atoms with Gasteiger partial charge in [-0.25, -0.2) is 4.79 Å². The summed E-state index contributed by atoms with van der Waals surface area (Å²) in [5.74, 6) is 1.17.